The second kappa shape index (κ2) is 8.94. The van der Waals surface area contributed by atoms with Crippen LogP contribution >= 0.6 is 11.8 Å². The first-order valence-electron chi connectivity index (χ1n) is 12.1. The van der Waals surface area contributed by atoms with Crippen LogP contribution in [0.2, 0.25) is 0 Å². The van der Waals surface area contributed by atoms with Gasteiger partial charge in [-0.25, -0.2) is 9.37 Å². The van der Waals surface area contributed by atoms with Crippen LogP contribution in [0.1, 0.15) is 37.3 Å². The molecule has 0 unspecified atom stereocenters. The number of hydrogen-bond acceptors (Lipinski definition) is 8. The Balaban J connectivity index is 1.36. The van der Waals surface area contributed by atoms with E-state index < -0.39 is 17.5 Å². The number of nitrogens with zero attached hydrogens (tertiary/aromatic N) is 5. The van der Waals surface area contributed by atoms with Crippen LogP contribution < -0.4 is 10.6 Å². The zero-order chi connectivity index (χ0) is 25.0. The molecule has 3 aromatic heterocycles. The fraction of sp³-hybridized carbons (Fsp3) is 0.565. The number of rotatable bonds is 6. The molecule has 36 heavy (non-hydrogen) atoms. The van der Waals surface area contributed by atoms with Gasteiger partial charge in [-0.15, -0.1) is 10.2 Å². The van der Waals surface area contributed by atoms with Gasteiger partial charge >= 0.3 is 0 Å². The van der Waals surface area contributed by atoms with Crippen LogP contribution in [-0.2, 0) is 17.8 Å². The average molecular weight is 522 g/mol. The average Bonchev–Trinajstić information content (AvgIpc) is 3.51. The number of aryl methyl sites for hydroxylation is 1. The van der Waals surface area contributed by atoms with Crippen molar-refractivity contribution in [3.63, 3.8) is 0 Å². The Morgan fingerprint density at radius 3 is 2.89 bits per heavy atom. The van der Waals surface area contributed by atoms with Crippen molar-refractivity contribution in [2.75, 3.05) is 25.5 Å². The molecule has 0 spiro atoms. The third-order valence-corrected chi connectivity index (χ3v) is 7.91. The second-order valence-corrected chi connectivity index (χ2v) is 10.9. The van der Waals surface area contributed by atoms with E-state index in [0.717, 1.165) is 19.4 Å². The summed E-state index contributed by atoms with van der Waals surface area (Å²) in [6, 6.07) is 3.14. The van der Waals surface area contributed by atoms with E-state index in [-0.39, 0.29) is 53.7 Å². The SMILES string of the molecule is CN1CC[C@@H](Nc2ccc3n4c(c(-c5nnc(CNC(=O)C6CC6)o5)nc24)SC(F)(F)CC3)[C@@H](F)C1. The van der Waals surface area contributed by atoms with Crippen molar-refractivity contribution in [1.82, 2.24) is 29.8 Å². The minimum absolute atomic E-state index is 0.00544. The molecule has 1 aliphatic carbocycles. The van der Waals surface area contributed by atoms with Crippen molar-refractivity contribution >= 4 is 29.0 Å². The van der Waals surface area contributed by atoms with Gasteiger partial charge in [-0.1, -0.05) is 0 Å². The van der Waals surface area contributed by atoms with Gasteiger partial charge in [0.05, 0.1) is 18.3 Å². The van der Waals surface area contributed by atoms with E-state index in [1.807, 2.05) is 11.9 Å². The van der Waals surface area contributed by atoms with Gasteiger partial charge in [0, 0.05) is 31.1 Å². The number of aromatic nitrogens is 4. The summed E-state index contributed by atoms with van der Waals surface area (Å²) in [5.41, 5.74) is 1.79. The quantitative estimate of drug-likeness (QED) is 0.509. The Labute approximate surface area is 209 Å². The van der Waals surface area contributed by atoms with Crippen LogP contribution in [0, 0.1) is 5.92 Å². The van der Waals surface area contributed by atoms with E-state index in [1.165, 1.54) is 0 Å². The Bertz CT molecular complexity index is 1310. The highest BCUT2D eigenvalue weighted by Crippen LogP contribution is 2.47. The highest BCUT2D eigenvalue weighted by atomic mass is 32.2. The third kappa shape index (κ3) is 4.54. The number of hydrogen-bond donors (Lipinski definition) is 2. The number of alkyl halides is 3. The smallest absolute Gasteiger partial charge is 0.300 e. The van der Waals surface area contributed by atoms with Crippen LogP contribution in [-0.4, -0.2) is 68.0 Å². The van der Waals surface area contributed by atoms with Crippen molar-refractivity contribution in [1.29, 1.82) is 0 Å². The molecule has 5 heterocycles. The molecule has 3 aromatic rings. The summed E-state index contributed by atoms with van der Waals surface area (Å²) in [5, 5.41) is 11.2. The molecule has 1 amide bonds. The first-order chi connectivity index (χ1) is 17.3. The van der Waals surface area contributed by atoms with E-state index in [2.05, 4.69) is 25.8 Å². The number of thioether (sulfide) groups is 1. The molecule has 192 valence electrons. The van der Waals surface area contributed by atoms with Gasteiger partial charge in [0.1, 0.15) is 11.2 Å². The van der Waals surface area contributed by atoms with Crippen molar-refractivity contribution in [3.8, 4) is 11.6 Å². The number of nitrogens with one attached hydrogen (secondary N) is 2. The van der Waals surface area contributed by atoms with E-state index in [1.54, 1.807) is 16.5 Å². The van der Waals surface area contributed by atoms with Gasteiger partial charge in [-0.3, -0.25) is 9.20 Å². The molecule has 0 bridgehead atoms. The molecule has 3 aliphatic rings. The monoisotopic (exact) mass is 521 g/mol. The zero-order valence-electron chi connectivity index (χ0n) is 19.6. The van der Waals surface area contributed by atoms with Gasteiger partial charge < -0.3 is 20.0 Å². The molecular weight excluding hydrogens is 495 g/mol. The first kappa shape index (κ1) is 23.6. The maximum absolute atomic E-state index is 14.7. The number of imidazole rings is 1. The molecular formula is C23H26F3N7O2S. The summed E-state index contributed by atoms with van der Waals surface area (Å²) in [7, 11) is 1.88. The molecule has 1 saturated carbocycles. The number of carbonyl (C=O) groups is 1. The fourth-order valence-electron chi connectivity index (χ4n) is 4.68. The Kier molecular flexibility index (Phi) is 5.86. The van der Waals surface area contributed by atoms with E-state index in [9.17, 15) is 18.0 Å². The lowest BCUT2D eigenvalue weighted by molar-refractivity contribution is -0.122. The fourth-order valence-corrected chi connectivity index (χ4v) is 5.69. The highest BCUT2D eigenvalue weighted by molar-refractivity contribution is 8.00. The maximum atomic E-state index is 14.7. The molecule has 9 nitrogen and oxygen atoms in total. The number of carbonyl (C=O) groups excluding carboxylic acids is 1. The minimum atomic E-state index is -3.02. The third-order valence-electron chi connectivity index (χ3n) is 6.84. The topological polar surface area (TPSA) is 101 Å². The molecule has 6 rings (SSSR count). The van der Waals surface area contributed by atoms with Crippen molar-refractivity contribution in [3.05, 3.63) is 23.7 Å². The summed E-state index contributed by atoms with van der Waals surface area (Å²) >= 11 is 0.412. The lowest BCUT2D eigenvalue weighted by Gasteiger charge is -2.33. The van der Waals surface area contributed by atoms with Crippen LogP contribution in [0.25, 0.3) is 17.2 Å². The van der Waals surface area contributed by atoms with Crippen molar-refractivity contribution in [2.45, 2.75) is 61.1 Å². The maximum Gasteiger partial charge on any atom is 0.300 e. The number of piperidine rings is 1. The summed E-state index contributed by atoms with van der Waals surface area (Å²) < 4.78 is 51.6. The summed E-state index contributed by atoms with van der Waals surface area (Å²) in [6.45, 7) is 1.13. The van der Waals surface area contributed by atoms with Crippen molar-refractivity contribution < 1.29 is 22.4 Å². The minimum Gasteiger partial charge on any atom is -0.417 e. The number of likely N-dealkylation sites (tertiary alicyclic amines) is 1. The molecule has 13 heteroatoms. The Morgan fingerprint density at radius 1 is 1.28 bits per heavy atom. The molecule has 0 radical (unpaired) electrons. The van der Waals surface area contributed by atoms with Gasteiger partial charge in [0.15, 0.2) is 11.3 Å². The number of pyridine rings is 1. The second-order valence-electron chi connectivity index (χ2n) is 9.71. The van der Waals surface area contributed by atoms with Crippen LogP contribution in [0.15, 0.2) is 21.6 Å². The Morgan fingerprint density at radius 2 is 2.11 bits per heavy atom. The van der Waals surface area contributed by atoms with Crippen LogP contribution in [0.5, 0.6) is 0 Å². The van der Waals surface area contributed by atoms with Crippen LogP contribution in [0.3, 0.4) is 0 Å². The predicted molar refractivity (Wildman–Crippen MR) is 127 cm³/mol. The van der Waals surface area contributed by atoms with Gasteiger partial charge in [0.25, 0.3) is 11.1 Å². The van der Waals surface area contributed by atoms with Crippen molar-refractivity contribution in [2.24, 2.45) is 5.92 Å². The van der Waals surface area contributed by atoms with Gasteiger partial charge in [0.2, 0.25) is 11.8 Å². The molecule has 2 fully saturated rings. The molecule has 2 N–H and O–H groups in total. The molecule has 1 saturated heterocycles. The molecule has 2 atom stereocenters. The number of amides is 1. The standard InChI is InChI=1S/C23H26F3N7O2S/c1-32-9-7-15(14(24)11-32)28-16-5-4-13-6-8-23(25,26)36-22-18(29-19(16)33(13)22)21-31-30-17(35-21)10-27-20(34)12-2-3-12/h4-5,12,14-15,28H,2-3,6-11H2,1H3,(H,27,34)/t14-,15+/m0/s1. The highest BCUT2D eigenvalue weighted by Gasteiger charge is 2.38. The molecule has 2 aliphatic heterocycles. The summed E-state index contributed by atoms with van der Waals surface area (Å²) in [5.74, 6) is 0.133. The predicted octanol–water partition coefficient (Wildman–Crippen LogP) is 3.50. The van der Waals surface area contributed by atoms with Gasteiger partial charge in [-0.05, 0) is 56.6 Å². The largest absolute Gasteiger partial charge is 0.417 e. The van der Waals surface area contributed by atoms with E-state index in [0.29, 0.717) is 41.8 Å². The normalized spacial score (nSPS) is 24.0. The van der Waals surface area contributed by atoms with E-state index >= 15 is 0 Å². The summed E-state index contributed by atoms with van der Waals surface area (Å²) in [6.07, 6.45) is 1.10. The number of anilines is 1. The number of halogens is 3. The first-order valence-corrected chi connectivity index (χ1v) is 12.9. The lowest BCUT2D eigenvalue weighted by Crippen LogP contribution is -2.46. The van der Waals surface area contributed by atoms with Gasteiger partial charge in [-0.2, -0.15) is 8.78 Å². The molecule has 0 aromatic carbocycles. The van der Waals surface area contributed by atoms with E-state index in [4.69, 9.17) is 4.42 Å². The zero-order valence-corrected chi connectivity index (χ0v) is 20.5. The summed E-state index contributed by atoms with van der Waals surface area (Å²) in [4.78, 5) is 18.5. The Hall–Kier alpha value is -2.80. The lowest BCUT2D eigenvalue weighted by atomic mass is 10.0. The van der Waals surface area contributed by atoms with Crippen LogP contribution in [0.4, 0.5) is 18.9 Å².